The van der Waals surface area contributed by atoms with Crippen molar-refractivity contribution < 1.29 is 9.18 Å². The number of hydrogen-bond donors (Lipinski definition) is 3. The van der Waals surface area contributed by atoms with Gasteiger partial charge in [-0.05, 0) is 31.2 Å². The summed E-state index contributed by atoms with van der Waals surface area (Å²) in [6.07, 6.45) is 0. The molecule has 0 fully saturated rings. The summed E-state index contributed by atoms with van der Waals surface area (Å²) in [5.41, 5.74) is 0.982. The molecule has 0 radical (unpaired) electrons. The lowest BCUT2D eigenvalue weighted by Crippen LogP contribution is -2.33. The van der Waals surface area contributed by atoms with Crippen LogP contribution in [0.15, 0.2) is 36.4 Å². The van der Waals surface area contributed by atoms with Gasteiger partial charge in [0, 0.05) is 13.1 Å². The minimum absolute atomic E-state index is 0.146. The third-order valence-corrected chi connectivity index (χ3v) is 2.64. The molecule has 0 bridgehead atoms. The number of urea groups is 1. The number of carbonyl (C=O) groups excluding carboxylic acids is 1. The van der Waals surface area contributed by atoms with Gasteiger partial charge in [-0.15, -0.1) is 5.10 Å². The molecule has 2 aromatic rings. The Hall–Kier alpha value is -2.70. The number of anilines is 2. The number of rotatable bonds is 5. The molecule has 21 heavy (non-hydrogen) atoms. The molecular weight excluding hydrogens is 273 g/mol. The van der Waals surface area contributed by atoms with E-state index in [-0.39, 0.29) is 5.69 Å². The Kier molecular flexibility index (Phi) is 5.03. The second kappa shape index (κ2) is 7.18. The predicted molar refractivity (Wildman–Crippen MR) is 78.7 cm³/mol. The molecule has 0 spiro atoms. The summed E-state index contributed by atoms with van der Waals surface area (Å²) >= 11 is 0. The number of nitrogens with one attached hydrogen (secondary N) is 3. The molecule has 0 saturated carbocycles. The van der Waals surface area contributed by atoms with Crippen molar-refractivity contribution in [2.45, 2.75) is 6.92 Å². The first-order valence-electron chi connectivity index (χ1n) is 6.49. The topological polar surface area (TPSA) is 78.9 Å². The molecule has 0 aliphatic rings. The minimum atomic E-state index is -0.472. The summed E-state index contributed by atoms with van der Waals surface area (Å²) < 4.78 is 13.3. The first-order chi connectivity index (χ1) is 10.1. The summed E-state index contributed by atoms with van der Waals surface area (Å²) in [6, 6.07) is 9.18. The van der Waals surface area contributed by atoms with E-state index in [1.165, 1.54) is 12.1 Å². The number of nitrogens with zero attached hydrogens (tertiary/aromatic N) is 2. The molecule has 1 heterocycles. The first kappa shape index (κ1) is 14.7. The van der Waals surface area contributed by atoms with Crippen LogP contribution in [0.2, 0.25) is 0 Å². The number of aromatic nitrogens is 2. The van der Waals surface area contributed by atoms with Crippen molar-refractivity contribution in [1.29, 1.82) is 0 Å². The van der Waals surface area contributed by atoms with Gasteiger partial charge >= 0.3 is 6.03 Å². The van der Waals surface area contributed by atoms with Crippen molar-refractivity contribution in [3.05, 3.63) is 47.9 Å². The van der Waals surface area contributed by atoms with E-state index in [0.717, 1.165) is 5.69 Å². The zero-order valence-electron chi connectivity index (χ0n) is 11.6. The second-order valence-corrected chi connectivity index (χ2v) is 4.35. The van der Waals surface area contributed by atoms with Gasteiger partial charge in [-0.1, -0.05) is 12.1 Å². The fraction of sp³-hybridized carbons (Fsp3) is 0.214. The lowest BCUT2D eigenvalue weighted by atomic mass is 10.3. The van der Waals surface area contributed by atoms with Gasteiger partial charge in [0.05, 0.1) is 11.4 Å². The van der Waals surface area contributed by atoms with Crippen LogP contribution in [0.25, 0.3) is 0 Å². The van der Waals surface area contributed by atoms with Gasteiger partial charge in [0.15, 0.2) is 0 Å². The Labute approximate surface area is 121 Å². The van der Waals surface area contributed by atoms with Crippen LogP contribution in [-0.2, 0) is 0 Å². The van der Waals surface area contributed by atoms with Crippen molar-refractivity contribution in [1.82, 2.24) is 15.5 Å². The Bertz CT molecular complexity index is 603. The third kappa shape index (κ3) is 4.72. The molecule has 1 aromatic carbocycles. The van der Waals surface area contributed by atoms with Crippen LogP contribution < -0.4 is 16.0 Å². The van der Waals surface area contributed by atoms with Gasteiger partial charge in [0.2, 0.25) is 0 Å². The van der Waals surface area contributed by atoms with Gasteiger partial charge in [-0.2, -0.15) is 5.10 Å². The number of para-hydroxylation sites is 1. The maximum absolute atomic E-state index is 13.3. The normalized spacial score (nSPS) is 10.0. The summed E-state index contributed by atoms with van der Waals surface area (Å²) in [7, 11) is 0. The number of benzene rings is 1. The Balaban J connectivity index is 1.70. The zero-order valence-corrected chi connectivity index (χ0v) is 11.6. The van der Waals surface area contributed by atoms with Gasteiger partial charge in [-0.3, -0.25) is 0 Å². The molecule has 2 rings (SSSR count). The van der Waals surface area contributed by atoms with E-state index in [0.29, 0.717) is 18.9 Å². The maximum atomic E-state index is 13.3. The molecular formula is C14H16FN5O. The standard InChI is InChI=1S/C14H16FN5O/c1-10-6-7-13(20-19-10)16-8-9-17-14(21)18-12-5-3-2-4-11(12)15/h2-7H,8-9H2,1H3,(H,16,20)(H2,17,18,21). The number of halogens is 1. The summed E-state index contributed by atoms with van der Waals surface area (Å²) in [5.74, 6) is 0.164. The molecule has 2 amide bonds. The van der Waals surface area contributed by atoms with Crippen LogP contribution in [0.4, 0.5) is 20.7 Å². The fourth-order valence-corrected chi connectivity index (χ4v) is 1.59. The molecule has 6 nitrogen and oxygen atoms in total. The molecule has 0 aliphatic carbocycles. The lowest BCUT2D eigenvalue weighted by molar-refractivity contribution is 0.252. The summed E-state index contributed by atoms with van der Waals surface area (Å²) in [5, 5.41) is 15.9. The quantitative estimate of drug-likeness (QED) is 0.737. The van der Waals surface area contributed by atoms with Crippen LogP contribution in [0.3, 0.4) is 0 Å². The third-order valence-electron chi connectivity index (χ3n) is 2.64. The highest BCUT2D eigenvalue weighted by molar-refractivity contribution is 5.89. The van der Waals surface area contributed by atoms with E-state index in [4.69, 9.17) is 0 Å². The van der Waals surface area contributed by atoms with E-state index in [1.807, 2.05) is 19.1 Å². The SMILES string of the molecule is Cc1ccc(NCCNC(=O)Nc2ccccc2F)nn1. The highest BCUT2D eigenvalue weighted by atomic mass is 19.1. The van der Waals surface area contributed by atoms with Crippen molar-refractivity contribution in [2.24, 2.45) is 0 Å². The van der Waals surface area contributed by atoms with Crippen molar-refractivity contribution in [2.75, 3.05) is 23.7 Å². The molecule has 3 N–H and O–H groups in total. The minimum Gasteiger partial charge on any atom is -0.367 e. The fourth-order valence-electron chi connectivity index (χ4n) is 1.59. The summed E-state index contributed by atoms with van der Waals surface area (Å²) in [6.45, 7) is 2.71. The van der Waals surface area contributed by atoms with E-state index < -0.39 is 11.8 Å². The summed E-state index contributed by atoms with van der Waals surface area (Å²) in [4.78, 5) is 11.6. The predicted octanol–water partition coefficient (Wildman–Crippen LogP) is 2.16. The Morgan fingerprint density at radius 1 is 1.14 bits per heavy atom. The molecule has 0 saturated heterocycles. The number of hydrogen-bond acceptors (Lipinski definition) is 4. The molecule has 0 atom stereocenters. The molecule has 1 aromatic heterocycles. The van der Waals surface area contributed by atoms with E-state index in [2.05, 4.69) is 26.1 Å². The van der Waals surface area contributed by atoms with E-state index in [1.54, 1.807) is 12.1 Å². The Morgan fingerprint density at radius 2 is 1.95 bits per heavy atom. The number of amides is 2. The molecule has 7 heteroatoms. The van der Waals surface area contributed by atoms with Gasteiger partial charge in [-0.25, -0.2) is 9.18 Å². The second-order valence-electron chi connectivity index (χ2n) is 4.35. The van der Waals surface area contributed by atoms with Crippen LogP contribution in [0.1, 0.15) is 5.69 Å². The average molecular weight is 289 g/mol. The monoisotopic (exact) mass is 289 g/mol. The lowest BCUT2D eigenvalue weighted by Gasteiger charge is -2.09. The maximum Gasteiger partial charge on any atom is 0.319 e. The van der Waals surface area contributed by atoms with Crippen molar-refractivity contribution >= 4 is 17.5 Å². The zero-order chi connectivity index (χ0) is 15.1. The average Bonchev–Trinajstić information content (AvgIpc) is 2.48. The van der Waals surface area contributed by atoms with Crippen molar-refractivity contribution in [3.8, 4) is 0 Å². The van der Waals surface area contributed by atoms with Crippen LogP contribution in [0.5, 0.6) is 0 Å². The molecule has 0 aliphatic heterocycles. The number of aryl methyl sites for hydroxylation is 1. The molecule has 0 unspecified atom stereocenters. The Morgan fingerprint density at radius 3 is 2.67 bits per heavy atom. The number of carbonyl (C=O) groups is 1. The van der Waals surface area contributed by atoms with Gasteiger partial charge < -0.3 is 16.0 Å². The highest BCUT2D eigenvalue weighted by Crippen LogP contribution is 2.11. The van der Waals surface area contributed by atoms with Gasteiger partial charge in [0.1, 0.15) is 11.6 Å². The van der Waals surface area contributed by atoms with Crippen LogP contribution in [0, 0.1) is 12.7 Å². The van der Waals surface area contributed by atoms with Crippen LogP contribution in [-0.4, -0.2) is 29.3 Å². The highest BCUT2D eigenvalue weighted by Gasteiger charge is 2.04. The largest absolute Gasteiger partial charge is 0.367 e. The van der Waals surface area contributed by atoms with Crippen LogP contribution >= 0.6 is 0 Å². The first-order valence-corrected chi connectivity index (χ1v) is 6.49. The van der Waals surface area contributed by atoms with Crippen molar-refractivity contribution in [3.63, 3.8) is 0 Å². The van der Waals surface area contributed by atoms with E-state index in [9.17, 15) is 9.18 Å². The smallest absolute Gasteiger partial charge is 0.319 e. The van der Waals surface area contributed by atoms with E-state index >= 15 is 0 Å². The molecule has 110 valence electrons. The van der Waals surface area contributed by atoms with Gasteiger partial charge in [0.25, 0.3) is 0 Å².